The molecule has 1 fully saturated rings. The van der Waals surface area contributed by atoms with Gasteiger partial charge in [0.25, 0.3) is 0 Å². The molecule has 16 heavy (non-hydrogen) atoms. The maximum Gasteiger partial charge on any atom is 0.219 e. The molecule has 6 heteroatoms. The molecule has 2 rings (SSSR count). The molecule has 0 radical (unpaired) electrons. The predicted octanol–water partition coefficient (Wildman–Crippen LogP) is -0.305. The van der Waals surface area contributed by atoms with Crippen molar-refractivity contribution in [1.29, 1.82) is 0 Å². The summed E-state index contributed by atoms with van der Waals surface area (Å²) in [4.78, 5) is 13.1. The molecule has 0 aliphatic carbocycles. The zero-order valence-corrected chi connectivity index (χ0v) is 9.97. The van der Waals surface area contributed by atoms with Crippen molar-refractivity contribution in [3.63, 3.8) is 0 Å². The molecule has 6 nitrogen and oxygen atoms in total. The Morgan fingerprint density at radius 2 is 1.56 bits per heavy atom. The van der Waals surface area contributed by atoms with E-state index in [1.807, 2.05) is 23.4 Å². The van der Waals surface area contributed by atoms with Gasteiger partial charge in [-0.25, -0.2) is 4.68 Å². The Balaban J connectivity index is 2.07. The fourth-order valence-corrected chi connectivity index (χ4v) is 2.08. The highest BCUT2D eigenvalue weighted by atomic mass is 16.2. The lowest BCUT2D eigenvalue weighted by Crippen LogP contribution is -2.52. The zero-order chi connectivity index (χ0) is 11.7. The van der Waals surface area contributed by atoms with Crippen LogP contribution in [0.25, 0.3) is 0 Å². The molecule has 1 aliphatic heterocycles. The van der Waals surface area contributed by atoms with Crippen LogP contribution in [0.1, 0.15) is 18.6 Å². The van der Waals surface area contributed by atoms with Gasteiger partial charge in [0, 0.05) is 20.0 Å². The van der Waals surface area contributed by atoms with Crippen LogP contribution in [-0.2, 0) is 4.79 Å². The first-order chi connectivity index (χ1) is 7.59. The number of nitrogens with zero attached hydrogens (tertiary/aromatic N) is 5. The Morgan fingerprint density at radius 3 is 2.00 bits per heavy atom. The minimum atomic E-state index is 0.150. The van der Waals surface area contributed by atoms with Crippen LogP contribution in [0.15, 0.2) is 0 Å². The molecule has 1 aromatic heterocycles. The molecule has 88 valence electrons. The Morgan fingerprint density at radius 1 is 1.06 bits per heavy atom. The Hall–Kier alpha value is -1.59. The SMILES string of the molecule is CC(=O)N1CCN(n2c(C)nnc2C)CC1. The van der Waals surface area contributed by atoms with Crippen LogP contribution in [-0.4, -0.2) is 51.9 Å². The van der Waals surface area contributed by atoms with E-state index in [1.54, 1.807) is 6.92 Å². The van der Waals surface area contributed by atoms with E-state index in [9.17, 15) is 4.79 Å². The minimum Gasteiger partial charge on any atom is -0.339 e. The lowest BCUT2D eigenvalue weighted by Gasteiger charge is -2.36. The van der Waals surface area contributed by atoms with Crippen molar-refractivity contribution >= 4 is 5.91 Å². The first kappa shape index (κ1) is 10.9. The number of aryl methyl sites for hydroxylation is 2. The van der Waals surface area contributed by atoms with Crippen LogP contribution < -0.4 is 5.01 Å². The molecule has 0 bridgehead atoms. The Kier molecular flexibility index (Phi) is 2.80. The van der Waals surface area contributed by atoms with E-state index in [4.69, 9.17) is 0 Å². The maximum atomic E-state index is 11.2. The van der Waals surface area contributed by atoms with E-state index >= 15 is 0 Å². The second-order valence-electron chi connectivity index (χ2n) is 4.07. The summed E-state index contributed by atoms with van der Waals surface area (Å²) in [5.74, 6) is 1.94. The summed E-state index contributed by atoms with van der Waals surface area (Å²) >= 11 is 0. The molecule has 0 spiro atoms. The molecular weight excluding hydrogens is 206 g/mol. The molecule has 0 saturated carbocycles. The number of hydrogen-bond donors (Lipinski definition) is 0. The summed E-state index contributed by atoms with van der Waals surface area (Å²) in [6, 6.07) is 0. The van der Waals surface area contributed by atoms with Crippen molar-refractivity contribution in [1.82, 2.24) is 19.8 Å². The summed E-state index contributed by atoms with van der Waals surface area (Å²) in [6.45, 7) is 8.71. The third-order valence-electron chi connectivity index (χ3n) is 2.94. The summed E-state index contributed by atoms with van der Waals surface area (Å²) in [6.07, 6.45) is 0. The number of aromatic nitrogens is 3. The number of hydrogen-bond acceptors (Lipinski definition) is 4. The third kappa shape index (κ3) is 1.87. The molecule has 1 aliphatic rings. The van der Waals surface area contributed by atoms with Crippen LogP contribution in [0.4, 0.5) is 0 Å². The molecule has 1 amide bonds. The largest absolute Gasteiger partial charge is 0.339 e. The second-order valence-corrected chi connectivity index (χ2v) is 4.07. The molecular formula is C10H17N5O. The highest BCUT2D eigenvalue weighted by molar-refractivity contribution is 5.73. The van der Waals surface area contributed by atoms with Gasteiger partial charge in [-0.2, -0.15) is 0 Å². The normalized spacial score (nSPS) is 16.7. The van der Waals surface area contributed by atoms with Gasteiger partial charge in [0.2, 0.25) is 5.91 Å². The maximum absolute atomic E-state index is 11.2. The Bertz CT molecular complexity index is 372. The molecule has 0 N–H and O–H groups in total. The van der Waals surface area contributed by atoms with Gasteiger partial charge in [0.1, 0.15) is 11.6 Å². The number of carbonyl (C=O) groups excluding carboxylic acids is 1. The van der Waals surface area contributed by atoms with Gasteiger partial charge >= 0.3 is 0 Å². The average Bonchev–Trinajstić information content (AvgIpc) is 2.59. The van der Waals surface area contributed by atoms with Crippen LogP contribution in [0.3, 0.4) is 0 Å². The van der Waals surface area contributed by atoms with Crippen molar-refractivity contribution in [3.05, 3.63) is 11.6 Å². The van der Waals surface area contributed by atoms with Crippen molar-refractivity contribution < 1.29 is 4.79 Å². The minimum absolute atomic E-state index is 0.150. The lowest BCUT2D eigenvalue weighted by molar-refractivity contribution is -0.129. The highest BCUT2D eigenvalue weighted by Crippen LogP contribution is 2.06. The standard InChI is InChI=1S/C10H17N5O/c1-8-11-12-9(2)15(8)14-6-4-13(5-7-14)10(3)16/h4-7H2,1-3H3. The summed E-state index contributed by atoms with van der Waals surface area (Å²) in [5, 5.41) is 10.3. The van der Waals surface area contributed by atoms with Gasteiger partial charge in [0.05, 0.1) is 13.1 Å². The smallest absolute Gasteiger partial charge is 0.219 e. The molecule has 1 aromatic rings. The van der Waals surface area contributed by atoms with E-state index < -0.39 is 0 Å². The predicted molar refractivity (Wildman–Crippen MR) is 59.7 cm³/mol. The molecule has 0 unspecified atom stereocenters. The van der Waals surface area contributed by atoms with Gasteiger partial charge in [-0.15, -0.1) is 10.2 Å². The molecule has 2 heterocycles. The van der Waals surface area contributed by atoms with Crippen LogP contribution in [0.5, 0.6) is 0 Å². The van der Waals surface area contributed by atoms with E-state index in [1.165, 1.54) is 0 Å². The van der Waals surface area contributed by atoms with Gasteiger partial charge in [-0.1, -0.05) is 0 Å². The Labute approximate surface area is 94.8 Å². The number of rotatable bonds is 1. The number of carbonyl (C=O) groups is 1. The van der Waals surface area contributed by atoms with Crippen molar-refractivity contribution in [3.8, 4) is 0 Å². The van der Waals surface area contributed by atoms with Crippen LogP contribution in [0.2, 0.25) is 0 Å². The van der Waals surface area contributed by atoms with Crippen LogP contribution >= 0.6 is 0 Å². The van der Waals surface area contributed by atoms with E-state index in [-0.39, 0.29) is 5.91 Å². The second kappa shape index (κ2) is 4.11. The van der Waals surface area contributed by atoms with Gasteiger partial charge < -0.3 is 9.91 Å². The van der Waals surface area contributed by atoms with Crippen molar-refractivity contribution in [2.24, 2.45) is 0 Å². The summed E-state index contributed by atoms with van der Waals surface area (Å²) < 4.78 is 2.03. The fraction of sp³-hybridized carbons (Fsp3) is 0.700. The van der Waals surface area contributed by atoms with Crippen molar-refractivity contribution in [2.75, 3.05) is 31.2 Å². The van der Waals surface area contributed by atoms with Crippen LogP contribution in [0, 0.1) is 13.8 Å². The third-order valence-corrected chi connectivity index (χ3v) is 2.94. The molecule has 0 aromatic carbocycles. The number of amides is 1. The first-order valence-corrected chi connectivity index (χ1v) is 5.49. The first-order valence-electron chi connectivity index (χ1n) is 5.49. The molecule has 0 atom stereocenters. The van der Waals surface area contributed by atoms with E-state index in [0.29, 0.717) is 0 Å². The quantitative estimate of drug-likeness (QED) is 0.655. The summed E-state index contributed by atoms with van der Waals surface area (Å²) in [5.41, 5.74) is 0. The van der Waals surface area contributed by atoms with E-state index in [2.05, 4.69) is 15.2 Å². The van der Waals surface area contributed by atoms with Gasteiger partial charge in [-0.05, 0) is 13.8 Å². The topological polar surface area (TPSA) is 54.3 Å². The van der Waals surface area contributed by atoms with E-state index in [0.717, 1.165) is 37.8 Å². The lowest BCUT2D eigenvalue weighted by atomic mass is 10.3. The van der Waals surface area contributed by atoms with Gasteiger partial charge in [-0.3, -0.25) is 4.79 Å². The molecule has 1 saturated heterocycles. The zero-order valence-electron chi connectivity index (χ0n) is 9.97. The van der Waals surface area contributed by atoms with Gasteiger partial charge in [0.15, 0.2) is 0 Å². The summed E-state index contributed by atoms with van der Waals surface area (Å²) in [7, 11) is 0. The fourth-order valence-electron chi connectivity index (χ4n) is 2.08. The monoisotopic (exact) mass is 223 g/mol. The highest BCUT2D eigenvalue weighted by Gasteiger charge is 2.21. The van der Waals surface area contributed by atoms with Crippen molar-refractivity contribution in [2.45, 2.75) is 20.8 Å². The average molecular weight is 223 g/mol. The number of piperazine rings is 1.